The van der Waals surface area contributed by atoms with Crippen LogP contribution in [0.3, 0.4) is 0 Å². The lowest BCUT2D eigenvalue weighted by Crippen LogP contribution is -2.16. The van der Waals surface area contributed by atoms with Crippen molar-refractivity contribution in [3.63, 3.8) is 0 Å². The number of aromatic nitrogens is 1. The van der Waals surface area contributed by atoms with E-state index in [1.165, 1.54) is 23.5 Å². The van der Waals surface area contributed by atoms with Gasteiger partial charge in [-0.15, -0.1) is 24.5 Å². The van der Waals surface area contributed by atoms with Crippen LogP contribution in [0.1, 0.15) is 5.56 Å². The molecule has 0 aliphatic carbocycles. The standard InChI is InChI=1S/C17H13F3N4OS/c18-17(19,20)25-13-7-5-11(6-8-13)14-4-2-1-3-12(14)9-22-24-16-23-15(21)10-26-16/h1-10H,21H2,(H,23,24). The first-order valence-corrected chi connectivity index (χ1v) is 8.24. The summed E-state index contributed by atoms with van der Waals surface area (Å²) in [6.45, 7) is 0. The van der Waals surface area contributed by atoms with Crippen LogP contribution in [-0.4, -0.2) is 17.6 Å². The zero-order valence-corrected chi connectivity index (χ0v) is 14.0. The van der Waals surface area contributed by atoms with Crippen molar-refractivity contribution < 1.29 is 17.9 Å². The van der Waals surface area contributed by atoms with Crippen LogP contribution in [0.2, 0.25) is 0 Å². The Bertz CT molecular complexity index is 907. The van der Waals surface area contributed by atoms with Crippen molar-refractivity contribution in [3.05, 3.63) is 59.5 Å². The number of hydrazone groups is 1. The summed E-state index contributed by atoms with van der Waals surface area (Å²) in [5, 5.41) is 6.37. The van der Waals surface area contributed by atoms with E-state index >= 15 is 0 Å². The summed E-state index contributed by atoms with van der Waals surface area (Å²) in [6, 6.07) is 13.0. The topological polar surface area (TPSA) is 72.5 Å². The first-order valence-electron chi connectivity index (χ1n) is 7.36. The Kier molecular flexibility index (Phi) is 5.08. The van der Waals surface area contributed by atoms with Crippen LogP contribution in [-0.2, 0) is 0 Å². The highest BCUT2D eigenvalue weighted by atomic mass is 32.1. The molecule has 0 saturated carbocycles. The van der Waals surface area contributed by atoms with Crippen molar-refractivity contribution in [2.24, 2.45) is 5.10 Å². The van der Waals surface area contributed by atoms with E-state index in [1.54, 1.807) is 23.7 Å². The number of alkyl halides is 3. The third kappa shape index (κ3) is 4.73. The van der Waals surface area contributed by atoms with E-state index in [0.717, 1.165) is 16.7 Å². The van der Waals surface area contributed by atoms with Crippen LogP contribution in [0.4, 0.5) is 24.1 Å². The number of thiazole rings is 1. The summed E-state index contributed by atoms with van der Waals surface area (Å²) in [4.78, 5) is 4.03. The van der Waals surface area contributed by atoms with Gasteiger partial charge in [-0.2, -0.15) is 5.10 Å². The second kappa shape index (κ2) is 7.44. The Morgan fingerprint density at radius 3 is 2.50 bits per heavy atom. The van der Waals surface area contributed by atoms with Gasteiger partial charge in [0.1, 0.15) is 11.6 Å². The molecule has 5 nitrogen and oxygen atoms in total. The average Bonchev–Trinajstić information content (AvgIpc) is 3.00. The highest BCUT2D eigenvalue weighted by Crippen LogP contribution is 2.28. The molecule has 0 radical (unpaired) electrons. The number of anilines is 2. The molecule has 134 valence electrons. The largest absolute Gasteiger partial charge is 0.573 e. The van der Waals surface area contributed by atoms with Crippen molar-refractivity contribution in [2.45, 2.75) is 6.36 Å². The molecule has 0 unspecified atom stereocenters. The fourth-order valence-electron chi connectivity index (χ4n) is 2.20. The Hall–Kier alpha value is -3.07. The number of benzene rings is 2. The molecule has 0 amide bonds. The van der Waals surface area contributed by atoms with Crippen LogP contribution in [0.5, 0.6) is 5.75 Å². The van der Waals surface area contributed by atoms with Crippen molar-refractivity contribution in [2.75, 3.05) is 11.2 Å². The number of hydrogen-bond donors (Lipinski definition) is 2. The van der Waals surface area contributed by atoms with Gasteiger partial charge in [0.05, 0.1) is 6.21 Å². The number of nitrogens with one attached hydrogen (secondary N) is 1. The third-order valence-electron chi connectivity index (χ3n) is 3.25. The SMILES string of the molecule is Nc1csc(NN=Cc2ccccc2-c2ccc(OC(F)(F)F)cc2)n1. The van der Waals surface area contributed by atoms with Gasteiger partial charge in [-0.05, 0) is 23.3 Å². The van der Waals surface area contributed by atoms with Crippen LogP contribution < -0.4 is 15.9 Å². The van der Waals surface area contributed by atoms with Crippen molar-refractivity contribution in [1.82, 2.24) is 4.98 Å². The minimum atomic E-state index is -4.71. The van der Waals surface area contributed by atoms with E-state index in [0.29, 0.717) is 10.9 Å². The molecule has 0 spiro atoms. The predicted molar refractivity (Wildman–Crippen MR) is 96.3 cm³/mol. The first-order chi connectivity index (χ1) is 12.4. The van der Waals surface area contributed by atoms with E-state index in [1.807, 2.05) is 24.3 Å². The van der Waals surface area contributed by atoms with Gasteiger partial charge < -0.3 is 10.5 Å². The summed E-state index contributed by atoms with van der Waals surface area (Å²) in [5.74, 6) is 0.143. The van der Waals surface area contributed by atoms with Gasteiger partial charge in [-0.3, -0.25) is 5.43 Å². The zero-order chi connectivity index (χ0) is 18.6. The van der Waals surface area contributed by atoms with E-state index in [-0.39, 0.29) is 5.75 Å². The molecule has 1 heterocycles. The molecule has 9 heteroatoms. The molecule has 0 atom stereocenters. The number of halogens is 3. The first kappa shape index (κ1) is 17.7. The van der Waals surface area contributed by atoms with Crippen LogP contribution in [0, 0.1) is 0 Å². The lowest BCUT2D eigenvalue weighted by atomic mass is 10.0. The Balaban J connectivity index is 1.78. The fraction of sp³-hybridized carbons (Fsp3) is 0.0588. The van der Waals surface area contributed by atoms with Crippen molar-refractivity contribution in [3.8, 4) is 16.9 Å². The molecule has 2 aromatic carbocycles. The van der Waals surface area contributed by atoms with Gasteiger partial charge in [0.25, 0.3) is 0 Å². The Morgan fingerprint density at radius 1 is 1.12 bits per heavy atom. The number of nitrogen functional groups attached to an aromatic ring is 1. The molecule has 26 heavy (non-hydrogen) atoms. The number of nitrogens with zero attached hydrogens (tertiary/aromatic N) is 2. The minimum absolute atomic E-state index is 0.268. The molecule has 0 saturated heterocycles. The Morgan fingerprint density at radius 2 is 1.85 bits per heavy atom. The van der Waals surface area contributed by atoms with Gasteiger partial charge in [-0.1, -0.05) is 36.4 Å². The van der Waals surface area contributed by atoms with Crippen LogP contribution in [0.15, 0.2) is 59.0 Å². The molecular weight excluding hydrogens is 365 g/mol. The van der Waals surface area contributed by atoms with Gasteiger partial charge in [-0.25, -0.2) is 4.98 Å². The predicted octanol–water partition coefficient (Wildman–Crippen LogP) is 4.74. The van der Waals surface area contributed by atoms with Crippen LogP contribution in [0.25, 0.3) is 11.1 Å². The quantitative estimate of drug-likeness (QED) is 0.497. The van der Waals surface area contributed by atoms with Gasteiger partial charge in [0.15, 0.2) is 0 Å². The minimum Gasteiger partial charge on any atom is -0.406 e. The fourth-order valence-corrected chi connectivity index (χ4v) is 2.75. The smallest absolute Gasteiger partial charge is 0.406 e. The molecule has 0 aliphatic heterocycles. The maximum absolute atomic E-state index is 12.3. The van der Waals surface area contributed by atoms with E-state index in [9.17, 15) is 13.2 Å². The average molecular weight is 378 g/mol. The maximum Gasteiger partial charge on any atom is 0.573 e. The summed E-state index contributed by atoms with van der Waals surface area (Å²) >= 11 is 1.32. The summed E-state index contributed by atoms with van der Waals surface area (Å²) in [6.07, 6.45) is -3.11. The second-order valence-electron chi connectivity index (χ2n) is 5.11. The molecule has 0 bridgehead atoms. The summed E-state index contributed by atoms with van der Waals surface area (Å²) in [5.41, 5.74) is 10.7. The number of ether oxygens (including phenoxy) is 1. The number of nitrogens with two attached hydrogens (primary N) is 1. The van der Waals surface area contributed by atoms with Crippen LogP contribution >= 0.6 is 11.3 Å². The van der Waals surface area contributed by atoms with Crippen molar-refractivity contribution in [1.29, 1.82) is 0 Å². The molecular formula is C17H13F3N4OS. The van der Waals surface area contributed by atoms with E-state index < -0.39 is 6.36 Å². The lowest BCUT2D eigenvalue weighted by Gasteiger charge is -2.10. The second-order valence-corrected chi connectivity index (χ2v) is 5.97. The maximum atomic E-state index is 12.3. The number of hydrogen-bond acceptors (Lipinski definition) is 6. The zero-order valence-electron chi connectivity index (χ0n) is 13.2. The van der Waals surface area contributed by atoms with Gasteiger partial charge >= 0.3 is 6.36 Å². The summed E-state index contributed by atoms with van der Waals surface area (Å²) in [7, 11) is 0. The monoisotopic (exact) mass is 378 g/mol. The highest BCUT2D eigenvalue weighted by Gasteiger charge is 2.30. The van der Waals surface area contributed by atoms with E-state index in [2.05, 4.69) is 20.2 Å². The van der Waals surface area contributed by atoms with Crippen molar-refractivity contribution >= 4 is 28.5 Å². The molecule has 3 aromatic rings. The molecule has 3 N–H and O–H groups in total. The molecule has 1 aromatic heterocycles. The molecule has 0 fully saturated rings. The van der Waals surface area contributed by atoms with E-state index in [4.69, 9.17) is 5.73 Å². The highest BCUT2D eigenvalue weighted by molar-refractivity contribution is 7.14. The summed E-state index contributed by atoms with van der Waals surface area (Å²) < 4.78 is 40.6. The lowest BCUT2D eigenvalue weighted by molar-refractivity contribution is -0.274. The Labute approximate surface area is 151 Å². The molecule has 0 aliphatic rings. The number of rotatable bonds is 5. The molecule has 3 rings (SSSR count). The third-order valence-corrected chi connectivity index (χ3v) is 4.01. The van der Waals surface area contributed by atoms with Gasteiger partial charge in [0.2, 0.25) is 5.13 Å². The normalized spacial score (nSPS) is 11.7. The van der Waals surface area contributed by atoms with Gasteiger partial charge in [0, 0.05) is 10.9 Å².